The van der Waals surface area contributed by atoms with Gasteiger partial charge in [0.05, 0.1) is 0 Å². The molecular formula is C19H23NOS. The maximum Gasteiger partial charge on any atom is 0.255 e. The Balaban J connectivity index is 2.05. The van der Waals surface area contributed by atoms with Gasteiger partial charge >= 0.3 is 0 Å². The van der Waals surface area contributed by atoms with Crippen molar-refractivity contribution >= 4 is 23.4 Å². The molecule has 2 nitrogen and oxygen atoms in total. The highest BCUT2D eigenvalue weighted by molar-refractivity contribution is 7.97. The molecule has 116 valence electrons. The molecule has 0 fully saturated rings. The predicted molar refractivity (Wildman–Crippen MR) is 96.8 cm³/mol. The molecule has 3 heteroatoms. The highest BCUT2D eigenvalue weighted by Gasteiger charge is 2.13. The third-order valence-corrected chi connectivity index (χ3v) is 4.16. The van der Waals surface area contributed by atoms with E-state index in [2.05, 4.69) is 44.5 Å². The molecule has 0 saturated heterocycles. The number of amides is 1. The molecule has 2 rings (SSSR count). The van der Waals surface area contributed by atoms with Gasteiger partial charge in [-0.15, -0.1) is 0 Å². The fraction of sp³-hybridized carbons (Fsp3) is 0.316. The molecule has 0 spiro atoms. The van der Waals surface area contributed by atoms with Crippen molar-refractivity contribution in [3.8, 4) is 0 Å². The van der Waals surface area contributed by atoms with E-state index in [1.807, 2.05) is 36.4 Å². The summed E-state index contributed by atoms with van der Waals surface area (Å²) in [6, 6.07) is 15.8. The van der Waals surface area contributed by atoms with E-state index in [1.165, 1.54) is 11.1 Å². The van der Waals surface area contributed by atoms with Crippen molar-refractivity contribution in [3.05, 3.63) is 65.2 Å². The minimum atomic E-state index is -0.0702. The Hall–Kier alpha value is -1.74. The summed E-state index contributed by atoms with van der Waals surface area (Å²) in [7, 11) is 0. The molecule has 0 aromatic heterocycles. The number of benzene rings is 2. The summed E-state index contributed by atoms with van der Waals surface area (Å²) in [4.78, 5) is 12.2. The van der Waals surface area contributed by atoms with Crippen molar-refractivity contribution in [2.24, 2.45) is 0 Å². The van der Waals surface area contributed by atoms with Gasteiger partial charge in [0, 0.05) is 17.0 Å². The Kier molecular flexibility index (Phi) is 5.30. The van der Waals surface area contributed by atoms with Crippen LogP contribution in [0, 0.1) is 0 Å². The van der Waals surface area contributed by atoms with Crippen LogP contribution in [0.3, 0.4) is 0 Å². The Morgan fingerprint density at radius 3 is 2.09 bits per heavy atom. The molecule has 0 aliphatic heterocycles. The van der Waals surface area contributed by atoms with E-state index < -0.39 is 0 Å². The zero-order valence-electron chi connectivity index (χ0n) is 13.6. The molecule has 0 bridgehead atoms. The molecule has 1 N–H and O–H groups in total. The van der Waals surface area contributed by atoms with E-state index in [4.69, 9.17) is 0 Å². The topological polar surface area (TPSA) is 29.1 Å². The van der Waals surface area contributed by atoms with Gasteiger partial charge in [-0.05, 0) is 47.1 Å². The zero-order chi connectivity index (χ0) is 16.2. The lowest BCUT2D eigenvalue weighted by Crippen LogP contribution is -2.13. The van der Waals surface area contributed by atoms with Gasteiger partial charge in [-0.3, -0.25) is 4.79 Å². The highest BCUT2D eigenvalue weighted by Crippen LogP contribution is 2.23. The Morgan fingerprint density at radius 1 is 1.00 bits per heavy atom. The number of thioether (sulfide) groups is 1. The third kappa shape index (κ3) is 4.38. The van der Waals surface area contributed by atoms with Gasteiger partial charge in [-0.2, -0.15) is 11.8 Å². The van der Waals surface area contributed by atoms with E-state index in [-0.39, 0.29) is 11.3 Å². The van der Waals surface area contributed by atoms with Gasteiger partial charge in [0.15, 0.2) is 0 Å². The first-order chi connectivity index (χ1) is 10.4. The molecule has 0 unspecified atom stereocenters. The fourth-order valence-electron chi connectivity index (χ4n) is 2.18. The van der Waals surface area contributed by atoms with Crippen LogP contribution in [0.2, 0.25) is 0 Å². The van der Waals surface area contributed by atoms with Crippen LogP contribution in [0.15, 0.2) is 48.5 Å². The summed E-state index contributed by atoms with van der Waals surface area (Å²) in [5, 5.41) is 2.94. The first-order valence-electron chi connectivity index (χ1n) is 7.40. The van der Waals surface area contributed by atoms with Crippen LogP contribution >= 0.6 is 11.8 Å². The lowest BCUT2D eigenvalue weighted by Gasteiger charge is -2.19. The summed E-state index contributed by atoms with van der Waals surface area (Å²) >= 11 is 1.77. The van der Waals surface area contributed by atoms with Crippen LogP contribution in [0.1, 0.15) is 42.3 Å². The monoisotopic (exact) mass is 313 g/mol. The molecule has 22 heavy (non-hydrogen) atoms. The van der Waals surface area contributed by atoms with Gasteiger partial charge in [0.1, 0.15) is 0 Å². The van der Waals surface area contributed by atoms with Crippen molar-refractivity contribution in [2.75, 3.05) is 11.6 Å². The van der Waals surface area contributed by atoms with Gasteiger partial charge in [-0.25, -0.2) is 0 Å². The highest BCUT2D eigenvalue weighted by atomic mass is 32.2. The standard InChI is InChI=1S/C19H23NOS/c1-19(2,3)16-9-11-17(12-10-16)20-18(21)15-7-5-14(6-8-15)13-22-4/h5-12H,13H2,1-4H3,(H,20,21). The van der Waals surface area contributed by atoms with E-state index in [0.29, 0.717) is 5.56 Å². The number of hydrogen-bond acceptors (Lipinski definition) is 2. The maximum atomic E-state index is 12.2. The Labute approximate surface area is 137 Å². The molecule has 1 amide bonds. The van der Waals surface area contributed by atoms with Crippen LogP contribution in [0.4, 0.5) is 5.69 Å². The second kappa shape index (κ2) is 7.01. The second-order valence-corrected chi connectivity index (χ2v) is 7.28. The smallest absolute Gasteiger partial charge is 0.255 e. The van der Waals surface area contributed by atoms with Gasteiger partial charge in [0.25, 0.3) is 5.91 Å². The molecule has 0 saturated carbocycles. The van der Waals surface area contributed by atoms with Crippen molar-refractivity contribution in [1.29, 1.82) is 0 Å². The second-order valence-electron chi connectivity index (χ2n) is 6.41. The summed E-state index contributed by atoms with van der Waals surface area (Å²) in [6.07, 6.45) is 2.07. The average molecular weight is 313 g/mol. The van der Waals surface area contributed by atoms with Crippen LogP contribution < -0.4 is 5.32 Å². The normalized spacial score (nSPS) is 11.3. The van der Waals surface area contributed by atoms with Gasteiger partial charge in [0.2, 0.25) is 0 Å². The van der Waals surface area contributed by atoms with Gasteiger partial charge in [-0.1, -0.05) is 45.0 Å². The lowest BCUT2D eigenvalue weighted by molar-refractivity contribution is 0.102. The van der Waals surface area contributed by atoms with Crippen LogP contribution in [-0.4, -0.2) is 12.2 Å². The van der Waals surface area contributed by atoms with E-state index >= 15 is 0 Å². The van der Waals surface area contributed by atoms with E-state index in [9.17, 15) is 4.79 Å². The molecule has 2 aromatic carbocycles. The third-order valence-electron chi connectivity index (χ3n) is 3.54. The zero-order valence-corrected chi connectivity index (χ0v) is 14.5. The Bertz CT molecular complexity index is 624. The lowest BCUT2D eigenvalue weighted by atomic mass is 9.87. The number of carbonyl (C=O) groups excluding carboxylic acids is 1. The first-order valence-corrected chi connectivity index (χ1v) is 8.79. The maximum absolute atomic E-state index is 12.2. The Morgan fingerprint density at radius 2 is 1.59 bits per heavy atom. The minimum Gasteiger partial charge on any atom is -0.322 e. The van der Waals surface area contributed by atoms with Crippen molar-refractivity contribution in [1.82, 2.24) is 0 Å². The summed E-state index contributed by atoms with van der Waals surface area (Å²) in [6.45, 7) is 6.53. The molecule has 2 aromatic rings. The van der Waals surface area contributed by atoms with Crippen molar-refractivity contribution in [2.45, 2.75) is 31.9 Å². The number of nitrogens with one attached hydrogen (secondary N) is 1. The minimum absolute atomic E-state index is 0.0702. The van der Waals surface area contributed by atoms with E-state index in [1.54, 1.807) is 11.8 Å². The molecule has 0 heterocycles. The molecule has 0 atom stereocenters. The number of rotatable bonds is 4. The fourth-order valence-corrected chi connectivity index (χ4v) is 2.70. The van der Waals surface area contributed by atoms with Crippen LogP contribution in [0.25, 0.3) is 0 Å². The number of anilines is 1. The SMILES string of the molecule is CSCc1ccc(C(=O)Nc2ccc(C(C)(C)C)cc2)cc1. The first kappa shape index (κ1) is 16.6. The largest absolute Gasteiger partial charge is 0.322 e. The summed E-state index contributed by atoms with van der Waals surface area (Å²) in [5.41, 5.74) is 4.12. The summed E-state index contributed by atoms with van der Waals surface area (Å²) < 4.78 is 0. The molecule has 0 aliphatic carbocycles. The van der Waals surface area contributed by atoms with Gasteiger partial charge < -0.3 is 5.32 Å². The average Bonchev–Trinajstić information content (AvgIpc) is 2.48. The molecule has 0 radical (unpaired) electrons. The molecule has 0 aliphatic rings. The summed E-state index contributed by atoms with van der Waals surface area (Å²) in [5.74, 6) is 0.898. The van der Waals surface area contributed by atoms with Crippen molar-refractivity contribution in [3.63, 3.8) is 0 Å². The van der Waals surface area contributed by atoms with Crippen LogP contribution in [0.5, 0.6) is 0 Å². The van der Waals surface area contributed by atoms with Crippen LogP contribution in [-0.2, 0) is 11.2 Å². The van der Waals surface area contributed by atoms with Crippen molar-refractivity contribution < 1.29 is 4.79 Å². The number of hydrogen-bond donors (Lipinski definition) is 1. The number of carbonyl (C=O) groups is 1. The predicted octanol–water partition coefficient (Wildman–Crippen LogP) is 5.10. The van der Waals surface area contributed by atoms with E-state index in [0.717, 1.165) is 11.4 Å². The quantitative estimate of drug-likeness (QED) is 0.851. The molecular weight excluding hydrogens is 290 g/mol.